The van der Waals surface area contributed by atoms with Crippen molar-refractivity contribution in [2.45, 2.75) is 70.0 Å². The number of hydrogen-bond acceptors (Lipinski definition) is 9. The third kappa shape index (κ3) is 7.60. The van der Waals surface area contributed by atoms with Gasteiger partial charge >= 0.3 is 0 Å². The van der Waals surface area contributed by atoms with Crippen molar-refractivity contribution in [1.82, 2.24) is 14.7 Å². The lowest BCUT2D eigenvalue weighted by Crippen LogP contribution is -2.37. The van der Waals surface area contributed by atoms with Crippen molar-refractivity contribution in [3.63, 3.8) is 0 Å². The molecular weight excluding hydrogens is 592 g/mol. The fraction of sp³-hybridized carbons (Fsp3) is 0.367. The molecule has 1 fully saturated rings. The Morgan fingerprint density at radius 3 is 2.56 bits per heavy atom. The van der Waals surface area contributed by atoms with Crippen LogP contribution in [0.4, 0.5) is 11.6 Å². The zero-order chi connectivity index (χ0) is 31.1. The van der Waals surface area contributed by atoms with Crippen molar-refractivity contribution in [2.75, 3.05) is 16.8 Å². The fourth-order valence-corrected chi connectivity index (χ4v) is 5.93. The molecule has 226 valence electrons. The van der Waals surface area contributed by atoms with Gasteiger partial charge in [0.15, 0.2) is 5.03 Å². The van der Waals surface area contributed by atoms with Gasteiger partial charge in [-0.05, 0) is 69.5 Å². The molecule has 2 amide bonds. The van der Waals surface area contributed by atoms with E-state index >= 15 is 0 Å². The van der Waals surface area contributed by atoms with Crippen LogP contribution >= 0.6 is 11.6 Å². The summed E-state index contributed by atoms with van der Waals surface area (Å²) in [5.74, 6) is -0.484. The first-order chi connectivity index (χ1) is 20.5. The summed E-state index contributed by atoms with van der Waals surface area (Å²) in [5.41, 5.74) is 1.39. The lowest BCUT2D eigenvalue weighted by molar-refractivity contribution is -0.116. The highest BCUT2D eigenvalue weighted by molar-refractivity contribution is 7.90. The van der Waals surface area contributed by atoms with Crippen molar-refractivity contribution in [3.05, 3.63) is 59.1 Å². The maximum Gasteiger partial charge on any atom is 0.281 e. The lowest BCUT2D eigenvalue weighted by atomic mass is 10.1. The van der Waals surface area contributed by atoms with Crippen molar-refractivity contribution >= 4 is 45.1 Å². The Morgan fingerprint density at radius 1 is 1.12 bits per heavy atom. The summed E-state index contributed by atoms with van der Waals surface area (Å²) in [7, 11) is -4.42. The highest BCUT2D eigenvalue weighted by Gasteiger charge is 2.33. The molecule has 0 bridgehead atoms. The van der Waals surface area contributed by atoms with E-state index in [9.17, 15) is 18.0 Å². The first kappa shape index (κ1) is 31.7. The number of hydrogen-bond donors (Lipinski definition) is 2. The van der Waals surface area contributed by atoms with Gasteiger partial charge < -0.3 is 15.0 Å². The van der Waals surface area contributed by atoms with E-state index in [2.05, 4.69) is 15.0 Å². The van der Waals surface area contributed by atoms with E-state index in [1.165, 1.54) is 18.2 Å². The molecule has 0 saturated carbocycles. The van der Waals surface area contributed by atoms with Crippen molar-refractivity contribution in [1.29, 1.82) is 5.26 Å². The smallest absolute Gasteiger partial charge is 0.281 e. The van der Waals surface area contributed by atoms with Crippen LogP contribution in [-0.4, -0.2) is 48.9 Å². The number of aromatic nitrogens is 2. The standard InChI is InChI=1S/C30H33ClN6O5S/c1-4-17-42-25-18-21(12-14-23(25)31)24-15-13-22(29(33-24)37-19(2)10-11-20(37)3)30(39)36-43(40,41)28-9-5-7-26(35-28)34-27(38)8-6-16-32/h5,7,9,12-15,18-20H,4,6,8,10-11,17H2,1-3H3,(H,36,39)(H,34,35,38)/t19-,20+. The van der Waals surface area contributed by atoms with Crippen LogP contribution in [-0.2, 0) is 14.8 Å². The number of ether oxygens (including phenoxy) is 1. The van der Waals surface area contributed by atoms with E-state index in [0.717, 1.165) is 24.8 Å². The first-order valence-corrected chi connectivity index (χ1v) is 15.8. The first-order valence-electron chi connectivity index (χ1n) is 14.0. The normalized spacial score (nSPS) is 16.4. The van der Waals surface area contributed by atoms with Gasteiger partial charge in [0.25, 0.3) is 15.9 Å². The van der Waals surface area contributed by atoms with Crippen LogP contribution in [0, 0.1) is 11.3 Å². The van der Waals surface area contributed by atoms with Crippen LogP contribution in [0.15, 0.2) is 53.6 Å². The SMILES string of the molecule is CCCOc1cc(-c2ccc(C(=O)NS(=O)(=O)c3cccc(NC(=O)CCC#N)n3)c(N3[C@H](C)CC[C@@H]3C)n2)ccc1Cl. The zero-order valence-electron chi connectivity index (χ0n) is 24.1. The number of pyridine rings is 2. The Kier molecular flexibility index (Phi) is 10.2. The van der Waals surface area contributed by atoms with Crippen LogP contribution in [0.1, 0.15) is 63.2 Å². The van der Waals surface area contributed by atoms with E-state index in [1.54, 1.807) is 24.3 Å². The number of nitriles is 1. The van der Waals surface area contributed by atoms with Gasteiger partial charge in [-0.2, -0.15) is 13.7 Å². The molecule has 2 N–H and O–H groups in total. The van der Waals surface area contributed by atoms with Gasteiger partial charge in [0.05, 0.1) is 29.0 Å². The summed E-state index contributed by atoms with van der Waals surface area (Å²) in [6.07, 6.45) is 2.54. The predicted octanol–water partition coefficient (Wildman–Crippen LogP) is 5.32. The zero-order valence-corrected chi connectivity index (χ0v) is 25.7. The monoisotopic (exact) mass is 624 g/mol. The molecule has 1 aliphatic heterocycles. The maximum absolute atomic E-state index is 13.5. The molecule has 0 radical (unpaired) electrons. The summed E-state index contributed by atoms with van der Waals surface area (Å²) in [4.78, 5) is 36.4. The second-order valence-electron chi connectivity index (χ2n) is 10.2. The summed E-state index contributed by atoms with van der Waals surface area (Å²) < 4.78 is 34.3. The second-order valence-corrected chi connectivity index (χ2v) is 12.3. The van der Waals surface area contributed by atoms with Gasteiger partial charge in [-0.3, -0.25) is 9.59 Å². The van der Waals surface area contributed by atoms with Gasteiger partial charge in [-0.15, -0.1) is 0 Å². The van der Waals surface area contributed by atoms with E-state index in [1.807, 2.05) is 37.8 Å². The number of amides is 2. The van der Waals surface area contributed by atoms with Crippen LogP contribution in [0.25, 0.3) is 11.3 Å². The molecule has 0 aliphatic carbocycles. The van der Waals surface area contributed by atoms with Crippen molar-refractivity contribution in [2.24, 2.45) is 0 Å². The number of halogens is 1. The Hall–Kier alpha value is -4.21. The molecule has 3 aromatic rings. The number of carbonyl (C=O) groups is 2. The molecule has 2 atom stereocenters. The van der Waals surface area contributed by atoms with Crippen LogP contribution < -0.4 is 19.7 Å². The molecule has 1 aliphatic rings. The average Bonchev–Trinajstić information content (AvgIpc) is 3.32. The maximum atomic E-state index is 13.5. The number of rotatable bonds is 11. The second kappa shape index (κ2) is 13.8. The number of carbonyl (C=O) groups excluding carboxylic acids is 2. The molecule has 11 nitrogen and oxygen atoms in total. The van der Waals surface area contributed by atoms with Crippen LogP contribution in [0.3, 0.4) is 0 Å². The average molecular weight is 625 g/mol. The number of anilines is 2. The topological polar surface area (TPSA) is 154 Å². The Bertz CT molecular complexity index is 1650. The number of sulfonamides is 1. The van der Waals surface area contributed by atoms with Gasteiger partial charge in [0.2, 0.25) is 5.91 Å². The van der Waals surface area contributed by atoms with Crippen molar-refractivity contribution < 1.29 is 22.7 Å². The van der Waals surface area contributed by atoms with Gasteiger partial charge in [0, 0.05) is 30.5 Å². The third-order valence-electron chi connectivity index (χ3n) is 6.96. The predicted molar refractivity (Wildman–Crippen MR) is 163 cm³/mol. The van der Waals surface area contributed by atoms with Crippen LogP contribution in [0.2, 0.25) is 5.02 Å². The minimum atomic E-state index is -4.42. The van der Waals surface area contributed by atoms with E-state index in [4.69, 9.17) is 26.6 Å². The van der Waals surface area contributed by atoms with Crippen molar-refractivity contribution in [3.8, 4) is 23.1 Å². The molecule has 0 unspecified atom stereocenters. The van der Waals surface area contributed by atoms with Gasteiger partial charge in [-0.25, -0.2) is 14.7 Å². The molecule has 43 heavy (non-hydrogen) atoms. The molecule has 4 rings (SSSR count). The Labute approximate surface area is 256 Å². The summed E-state index contributed by atoms with van der Waals surface area (Å²) in [5, 5.41) is 11.1. The third-order valence-corrected chi connectivity index (χ3v) is 8.51. The summed E-state index contributed by atoms with van der Waals surface area (Å²) in [6.45, 7) is 6.58. The van der Waals surface area contributed by atoms with E-state index < -0.39 is 26.9 Å². The molecule has 2 aromatic heterocycles. The minimum Gasteiger partial charge on any atom is -0.492 e. The Morgan fingerprint density at radius 2 is 1.86 bits per heavy atom. The quantitative estimate of drug-likeness (QED) is 0.288. The molecule has 1 aromatic carbocycles. The summed E-state index contributed by atoms with van der Waals surface area (Å²) in [6, 6.07) is 14.6. The Balaban J connectivity index is 1.66. The molecule has 3 heterocycles. The molecule has 13 heteroatoms. The lowest BCUT2D eigenvalue weighted by Gasteiger charge is -2.29. The molecule has 1 saturated heterocycles. The molecule has 0 spiro atoms. The van der Waals surface area contributed by atoms with E-state index in [-0.39, 0.29) is 36.3 Å². The number of nitrogens with zero attached hydrogens (tertiary/aromatic N) is 4. The summed E-state index contributed by atoms with van der Waals surface area (Å²) >= 11 is 6.33. The van der Waals surface area contributed by atoms with Gasteiger partial charge in [-0.1, -0.05) is 30.7 Å². The minimum absolute atomic E-state index is 0.00903. The number of benzene rings is 1. The van der Waals surface area contributed by atoms with Crippen LogP contribution in [0.5, 0.6) is 5.75 Å². The highest BCUT2D eigenvalue weighted by atomic mass is 35.5. The highest BCUT2D eigenvalue weighted by Crippen LogP contribution is 2.35. The molecular formula is C30H33ClN6O5S. The fourth-order valence-electron chi connectivity index (χ4n) is 4.82. The van der Waals surface area contributed by atoms with Gasteiger partial charge in [0.1, 0.15) is 17.4 Å². The largest absolute Gasteiger partial charge is 0.492 e. The number of nitrogens with one attached hydrogen (secondary N) is 2. The van der Waals surface area contributed by atoms with E-state index in [0.29, 0.717) is 28.9 Å².